The number of aliphatic hydroxyl groups excluding tert-OH is 1. The largest absolute Gasteiger partial charge is 0.459 e. The first kappa shape index (κ1) is 18.8. The third kappa shape index (κ3) is 3.77. The molecule has 0 fully saturated rings. The second kappa shape index (κ2) is 7.16. The lowest BCUT2D eigenvalue weighted by atomic mass is 10.1. The Bertz CT molecular complexity index is 923. The fraction of sp³-hybridized carbons (Fsp3) is 0.474. The maximum atomic E-state index is 12.7. The van der Waals surface area contributed by atoms with Crippen molar-refractivity contribution < 1.29 is 14.6 Å². The molecule has 2 aromatic rings. The molecule has 2 rings (SSSR count). The number of esters is 1. The minimum atomic E-state index is -0.816. The van der Waals surface area contributed by atoms with Gasteiger partial charge >= 0.3 is 5.97 Å². The molecule has 2 atom stereocenters. The Morgan fingerprint density at radius 3 is 2.52 bits per heavy atom. The molecule has 0 amide bonds. The summed E-state index contributed by atoms with van der Waals surface area (Å²) in [5.74, 6) is 5.20. The number of carbonyl (C=O) groups is 1. The summed E-state index contributed by atoms with van der Waals surface area (Å²) in [5.41, 5.74) is 1.42. The number of hydrogen-bond donors (Lipinski definition) is 2. The number of aromatic nitrogens is 2. The van der Waals surface area contributed by atoms with Crippen LogP contribution >= 0.6 is 0 Å². The number of hydrogen-bond acceptors (Lipinski definition) is 4. The van der Waals surface area contributed by atoms with Crippen LogP contribution in [0.4, 0.5) is 0 Å². The lowest BCUT2D eigenvalue weighted by molar-refractivity contribution is 0.0239. The van der Waals surface area contributed by atoms with E-state index in [-0.39, 0.29) is 17.6 Å². The van der Waals surface area contributed by atoms with Gasteiger partial charge in [0.2, 0.25) is 0 Å². The van der Waals surface area contributed by atoms with Crippen molar-refractivity contribution in [2.24, 2.45) is 13.0 Å². The maximum Gasteiger partial charge on any atom is 0.340 e. The highest BCUT2D eigenvalue weighted by Crippen LogP contribution is 2.25. The molecule has 6 nitrogen and oxygen atoms in total. The first-order valence-corrected chi connectivity index (χ1v) is 8.26. The van der Waals surface area contributed by atoms with Crippen LogP contribution < -0.4 is 5.56 Å². The third-order valence-corrected chi connectivity index (χ3v) is 4.17. The molecule has 0 aliphatic carbocycles. The fourth-order valence-electron chi connectivity index (χ4n) is 2.44. The summed E-state index contributed by atoms with van der Waals surface area (Å²) in [7, 11) is 1.62. The predicted molar refractivity (Wildman–Crippen MR) is 96.6 cm³/mol. The van der Waals surface area contributed by atoms with Crippen molar-refractivity contribution in [2.75, 3.05) is 0 Å². The van der Waals surface area contributed by atoms with Gasteiger partial charge in [-0.2, -0.15) is 0 Å². The number of ether oxygens (including phenoxy) is 1. The van der Waals surface area contributed by atoms with E-state index < -0.39 is 12.1 Å². The molecule has 0 spiro atoms. The lowest BCUT2D eigenvalue weighted by Crippen LogP contribution is -2.21. The Morgan fingerprint density at radius 1 is 1.32 bits per heavy atom. The van der Waals surface area contributed by atoms with E-state index in [2.05, 4.69) is 16.8 Å². The number of pyridine rings is 1. The molecular formula is C19H24N2O4. The molecule has 25 heavy (non-hydrogen) atoms. The minimum Gasteiger partial charge on any atom is -0.459 e. The fourth-order valence-corrected chi connectivity index (χ4v) is 2.44. The van der Waals surface area contributed by atoms with Crippen molar-refractivity contribution in [3.05, 3.63) is 33.4 Å². The molecule has 0 aromatic carbocycles. The summed E-state index contributed by atoms with van der Waals surface area (Å²) in [6.45, 7) is 9.04. The molecule has 0 aliphatic heterocycles. The van der Waals surface area contributed by atoms with Crippen molar-refractivity contribution in [1.29, 1.82) is 0 Å². The van der Waals surface area contributed by atoms with Crippen molar-refractivity contribution >= 4 is 16.9 Å². The second-order valence-electron chi connectivity index (χ2n) is 6.63. The lowest BCUT2D eigenvalue weighted by Gasteiger charge is -2.16. The zero-order chi connectivity index (χ0) is 18.9. The van der Waals surface area contributed by atoms with E-state index in [0.717, 1.165) is 0 Å². The highest BCUT2D eigenvalue weighted by molar-refractivity contribution is 6.07. The number of aryl methyl sites for hydroxylation is 2. The highest BCUT2D eigenvalue weighted by atomic mass is 16.5. The molecule has 0 radical (unpaired) electrons. The Kier molecular flexibility index (Phi) is 5.39. The van der Waals surface area contributed by atoms with E-state index in [1.807, 2.05) is 20.8 Å². The van der Waals surface area contributed by atoms with E-state index in [1.165, 1.54) is 4.57 Å². The molecular weight excluding hydrogens is 320 g/mol. The van der Waals surface area contributed by atoms with E-state index in [1.54, 1.807) is 27.1 Å². The van der Waals surface area contributed by atoms with Crippen LogP contribution in [-0.4, -0.2) is 32.8 Å². The summed E-state index contributed by atoms with van der Waals surface area (Å²) in [6.07, 6.45) is 0.495. The first-order valence-electron chi connectivity index (χ1n) is 8.26. The molecule has 6 heteroatoms. The second-order valence-corrected chi connectivity index (χ2v) is 6.63. The Labute approximate surface area is 146 Å². The average Bonchev–Trinajstić information content (AvgIpc) is 2.86. The first-order chi connectivity index (χ1) is 11.6. The summed E-state index contributed by atoms with van der Waals surface area (Å²) >= 11 is 0. The van der Waals surface area contributed by atoms with Crippen LogP contribution in [0, 0.1) is 24.7 Å². The van der Waals surface area contributed by atoms with Crippen LogP contribution in [0.15, 0.2) is 11.0 Å². The number of aliphatic hydroxyl groups is 1. The Morgan fingerprint density at radius 2 is 1.96 bits per heavy atom. The third-order valence-electron chi connectivity index (χ3n) is 4.17. The molecule has 1 unspecified atom stereocenters. The Balaban J connectivity index is 2.71. The number of nitrogens with zero attached hydrogens (tertiary/aromatic N) is 1. The molecule has 0 aliphatic rings. The van der Waals surface area contributed by atoms with Crippen molar-refractivity contribution in [2.45, 2.75) is 46.8 Å². The van der Waals surface area contributed by atoms with Gasteiger partial charge in [0.15, 0.2) is 0 Å². The van der Waals surface area contributed by atoms with Crippen LogP contribution in [-0.2, 0) is 11.8 Å². The smallest absolute Gasteiger partial charge is 0.340 e. The zero-order valence-electron chi connectivity index (χ0n) is 15.4. The van der Waals surface area contributed by atoms with Crippen LogP contribution in [0.25, 0.3) is 10.9 Å². The van der Waals surface area contributed by atoms with E-state index in [0.29, 0.717) is 27.7 Å². The molecule has 0 saturated heterocycles. The van der Waals surface area contributed by atoms with E-state index in [4.69, 9.17) is 4.74 Å². The maximum absolute atomic E-state index is 12.7. The molecule has 0 bridgehead atoms. The van der Waals surface area contributed by atoms with Gasteiger partial charge in [0.05, 0.1) is 11.1 Å². The predicted octanol–water partition coefficient (Wildman–Crippen LogP) is 2.11. The minimum absolute atomic E-state index is 0.178. The zero-order valence-corrected chi connectivity index (χ0v) is 15.4. The van der Waals surface area contributed by atoms with Gasteiger partial charge in [0.25, 0.3) is 5.56 Å². The van der Waals surface area contributed by atoms with Crippen LogP contribution in [0.1, 0.15) is 49.3 Å². The van der Waals surface area contributed by atoms with Gasteiger partial charge < -0.3 is 19.4 Å². The average molecular weight is 344 g/mol. The molecule has 0 saturated carbocycles. The summed E-state index contributed by atoms with van der Waals surface area (Å²) in [5, 5.41) is 9.87. The number of aromatic amines is 1. The van der Waals surface area contributed by atoms with Gasteiger partial charge in [0, 0.05) is 24.3 Å². The normalized spacial score (nSPS) is 13.4. The van der Waals surface area contributed by atoms with Crippen LogP contribution in [0.3, 0.4) is 0 Å². The molecule has 2 aromatic heterocycles. The van der Waals surface area contributed by atoms with Gasteiger partial charge in [-0.15, -0.1) is 0 Å². The van der Waals surface area contributed by atoms with Crippen LogP contribution in [0.2, 0.25) is 0 Å². The van der Waals surface area contributed by atoms with E-state index >= 15 is 0 Å². The standard InChI is InChI=1S/C19H24N2O4/c1-10(2)13(5)25-19(24)15-12(4)20-17-16(15)14(8-7-11(3)22)9-21(6)18(17)23/h9-11,13,20,22H,1-6H3/t11-,13?/m1/s1. The van der Waals surface area contributed by atoms with E-state index in [9.17, 15) is 14.7 Å². The van der Waals surface area contributed by atoms with Crippen LogP contribution in [0.5, 0.6) is 0 Å². The van der Waals surface area contributed by atoms with Crippen molar-refractivity contribution in [3.63, 3.8) is 0 Å². The quantitative estimate of drug-likeness (QED) is 0.660. The van der Waals surface area contributed by atoms with Gasteiger partial charge in [-0.05, 0) is 26.7 Å². The van der Waals surface area contributed by atoms with Crippen molar-refractivity contribution in [3.8, 4) is 11.8 Å². The summed E-state index contributed by atoms with van der Waals surface area (Å²) in [4.78, 5) is 28.1. The monoisotopic (exact) mass is 344 g/mol. The number of rotatable bonds is 3. The topological polar surface area (TPSA) is 84.3 Å². The summed E-state index contributed by atoms with van der Waals surface area (Å²) in [6, 6.07) is 0. The molecule has 134 valence electrons. The molecule has 2 heterocycles. The van der Waals surface area contributed by atoms with Gasteiger partial charge in [0.1, 0.15) is 17.7 Å². The van der Waals surface area contributed by atoms with Crippen molar-refractivity contribution in [1.82, 2.24) is 9.55 Å². The Hall–Kier alpha value is -2.52. The number of nitrogens with one attached hydrogen (secondary N) is 1. The number of H-pyrrole nitrogens is 1. The summed E-state index contributed by atoms with van der Waals surface area (Å²) < 4.78 is 6.93. The van der Waals surface area contributed by atoms with Gasteiger partial charge in [-0.1, -0.05) is 25.7 Å². The number of fused-ring (bicyclic) bond motifs is 1. The highest BCUT2D eigenvalue weighted by Gasteiger charge is 2.24. The van der Waals surface area contributed by atoms with Gasteiger partial charge in [-0.25, -0.2) is 4.79 Å². The SMILES string of the molecule is Cc1[nH]c2c(=O)n(C)cc(C#C[C@@H](C)O)c2c1C(=O)OC(C)C(C)C. The molecule has 2 N–H and O–H groups in total. The van der Waals surface area contributed by atoms with Gasteiger partial charge in [-0.3, -0.25) is 4.79 Å². The number of carbonyl (C=O) groups excluding carboxylic acids is 1.